The quantitative estimate of drug-likeness (QED) is 0.0414. The molecular weight excluding hydrogens is 775 g/mol. The van der Waals surface area contributed by atoms with Gasteiger partial charge >= 0.3 is 0 Å². The first kappa shape index (κ1) is 37.2. The minimum atomic E-state index is -5.32. The molecule has 0 aliphatic carbocycles. The number of nitrogens with one attached hydrogen (secondary N) is 3. The van der Waals surface area contributed by atoms with E-state index in [4.69, 9.17) is 0 Å². The van der Waals surface area contributed by atoms with Crippen molar-refractivity contribution in [3.8, 4) is 0 Å². The second-order valence-electron chi connectivity index (χ2n) is 11.2. The first-order chi connectivity index (χ1) is 24.8. The fourth-order valence-electron chi connectivity index (χ4n) is 5.36. The third-order valence-electron chi connectivity index (χ3n) is 7.67. The molecule has 6 rings (SSSR count). The molecule has 0 heterocycles. The van der Waals surface area contributed by atoms with Crippen LogP contribution < -0.4 is 16.2 Å². The number of benzene rings is 6. The van der Waals surface area contributed by atoms with Gasteiger partial charge in [-0.25, -0.2) is 0 Å². The normalized spacial score (nSPS) is 12.7. The topological polar surface area (TPSA) is 278 Å². The van der Waals surface area contributed by atoms with E-state index >= 15 is 0 Å². The Kier molecular flexibility index (Phi) is 9.69. The largest absolute Gasteiger partial charge is 0.355 e. The number of hydrazine groups is 1. The van der Waals surface area contributed by atoms with Crippen molar-refractivity contribution in [1.82, 2.24) is 0 Å². The Labute approximate surface area is 302 Å². The summed E-state index contributed by atoms with van der Waals surface area (Å²) in [5.74, 6) is 0. The predicted molar refractivity (Wildman–Crippen MR) is 195 cm³/mol. The second kappa shape index (κ2) is 13.8. The molecule has 6 aromatic carbocycles. The average molecular weight is 800 g/mol. The summed E-state index contributed by atoms with van der Waals surface area (Å²) in [6.07, 6.45) is 0. The Balaban J connectivity index is 1.50. The van der Waals surface area contributed by atoms with Gasteiger partial charge < -0.3 is 16.2 Å². The van der Waals surface area contributed by atoms with E-state index in [1.54, 1.807) is 30.3 Å². The smallest absolute Gasteiger partial charge is 0.296 e. The lowest BCUT2D eigenvalue weighted by molar-refractivity contribution is 0.468. The molecular formula is C32H25N5O12S4. The first-order valence-electron chi connectivity index (χ1n) is 14.7. The van der Waals surface area contributed by atoms with Crippen molar-refractivity contribution >= 4 is 96.1 Å². The highest BCUT2D eigenvalue weighted by molar-refractivity contribution is 7.89. The second-order valence-corrected chi connectivity index (χ2v) is 16.7. The van der Waals surface area contributed by atoms with Gasteiger partial charge in [0, 0.05) is 32.9 Å². The van der Waals surface area contributed by atoms with Crippen molar-refractivity contribution in [2.24, 2.45) is 10.2 Å². The Morgan fingerprint density at radius 2 is 1.04 bits per heavy atom. The van der Waals surface area contributed by atoms with E-state index < -0.39 is 55.2 Å². The van der Waals surface area contributed by atoms with Gasteiger partial charge in [-0.1, -0.05) is 36.4 Å². The Hall–Kier alpha value is -5.52. The van der Waals surface area contributed by atoms with Crippen LogP contribution >= 0.6 is 0 Å². The fraction of sp³-hybridized carbons (Fsp3) is 0. The van der Waals surface area contributed by atoms with Gasteiger partial charge in [-0.15, -0.1) is 10.2 Å². The number of fused-ring (bicyclic) bond motifs is 2. The summed E-state index contributed by atoms with van der Waals surface area (Å²) < 4.78 is 136. The van der Waals surface area contributed by atoms with Crippen LogP contribution in [0.15, 0.2) is 139 Å². The zero-order valence-corrected chi connectivity index (χ0v) is 29.7. The summed E-state index contributed by atoms with van der Waals surface area (Å²) in [4.78, 5) is -3.09. The highest BCUT2D eigenvalue weighted by atomic mass is 32.2. The summed E-state index contributed by atoms with van der Waals surface area (Å²) >= 11 is 0. The van der Waals surface area contributed by atoms with E-state index in [2.05, 4.69) is 26.4 Å². The molecule has 0 spiro atoms. The summed E-state index contributed by atoms with van der Waals surface area (Å²) in [5.41, 5.74) is 6.64. The molecule has 0 amide bonds. The SMILES string of the molecule is O=S(=O)(O)c1cccc(NNc2ccc(N=Nc3ccc(Nc4ccccc4)c4c(S(=O)(=O)O)c(S(=O)(=O)O)ccc34)c3cc(S(=O)(=O)O)ccc23)c1. The number of nitrogens with zero attached hydrogens (tertiary/aromatic N) is 2. The van der Waals surface area contributed by atoms with Crippen molar-refractivity contribution in [2.45, 2.75) is 19.6 Å². The number of rotatable bonds is 11. The van der Waals surface area contributed by atoms with Gasteiger partial charge in [-0.05, 0) is 72.8 Å². The van der Waals surface area contributed by atoms with Gasteiger partial charge in [0.15, 0.2) is 0 Å². The van der Waals surface area contributed by atoms with Gasteiger partial charge in [0.25, 0.3) is 40.5 Å². The lowest BCUT2D eigenvalue weighted by atomic mass is 10.1. The summed E-state index contributed by atoms with van der Waals surface area (Å²) in [6, 6.07) is 24.7. The van der Waals surface area contributed by atoms with E-state index in [0.717, 1.165) is 30.3 Å². The van der Waals surface area contributed by atoms with Crippen LogP contribution in [0.25, 0.3) is 21.5 Å². The molecule has 0 atom stereocenters. The molecule has 0 bridgehead atoms. The Morgan fingerprint density at radius 3 is 1.66 bits per heavy atom. The maximum Gasteiger partial charge on any atom is 0.296 e. The van der Waals surface area contributed by atoms with Crippen LogP contribution in [-0.4, -0.2) is 51.9 Å². The van der Waals surface area contributed by atoms with E-state index in [0.29, 0.717) is 16.8 Å². The van der Waals surface area contributed by atoms with Gasteiger partial charge in [0.05, 0.1) is 32.5 Å². The van der Waals surface area contributed by atoms with Crippen LogP contribution in [0, 0.1) is 0 Å². The molecule has 0 aliphatic heterocycles. The third-order valence-corrected chi connectivity index (χ3v) is 11.3. The highest BCUT2D eigenvalue weighted by Crippen LogP contribution is 2.42. The summed E-state index contributed by atoms with van der Waals surface area (Å²) in [7, 11) is -19.7. The highest BCUT2D eigenvalue weighted by Gasteiger charge is 2.29. The van der Waals surface area contributed by atoms with Crippen LogP contribution in [0.2, 0.25) is 0 Å². The number of hydrogen-bond donors (Lipinski definition) is 7. The van der Waals surface area contributed by atoms with Crippen molar-refractivity contribution in [3.05, 3.63) is 109 Å². The molecule has 53 heavy (non-hydrogen) atoms. The van der Waals surface area contributed by atoms with Crippen LogP contribution in [0.3, 0.4) is 0 Å². The molecule has 274 valence electrons. The molecule has 6 aromatic rings. The van der Waals surface area contributed by atoms with Crippen molar-refractivity contribution in [2.75, 3.05) is 16.2 Å². The Bertz CT molecular complexity index is 2930. The van der Waals surface area contributed by atoms with E-state index in [1.165, 1.54) is 48.5 Å². The van der Waals surface area contributed by atoms with Crippen LogP contribution in [-0.2, 0) is 40.5 Å². The lowest BCUT2D eigenvalue weighted by Gasteiger charge is -2.16. The number of hydrogen-bond acceptors (Lipinski definition) is 13. The van der Waals surface area contributed by atoms with Gasteiger partial charge in [0.1, 0.15) is 9.79 Å². The molecule has 0 aliphatic rings. The van der Waals surface area contributed by atoms with Crippen molar-refractivity contribution < 1.29 is 51.9 Å². The van der Waals surface area contributed by atoms with Crippen molar-refractivity contribution in [3.63, 3.8) is 0 Å². The van der Waals surface area contributed by atoms with Crippen molar-refractivity contribution in [1.29, 1.82) is 0 Å². The fourth-order valence-corrected chi connectivity index (χ4v) is 8.40. The van der Waals surface area contributed by atoms with Gasteiger partial charge in [-0.3, -0.25) is 18.2 Å². The van der Waals surface area contributed by atoms with E-state index in [-0.39, 0.29) is 43.8 Å². The van der Waals surface area contributed by atoms with E-state index in [9.17, 15) is 51.9 Å². The summed E-state index contributed by atoms with van der Waals surface area (Å²) in [5, 5.41) is 11.5. The minimum absolute atomic E-state index is 0.0107. The molecule has 17 nitrogen and oxygen atoms in total. The molecule has 0 aromatic heterocycles. The maximum absolute atomic E-state index is 12.7. The third kappa shape index (κ3) is 8.11. The predicted octanol–water partition coefficient (Wildman–Crippen LogP) is 6.58. The zero-order chi connectivity index (χ0) is 38.3. The number of azo groups is 1. The summed E-state index contributed by atoms with van der Waals surface area (Å²) in [6.45, 7) is 0. The molecule has 0 saturated carbocycles. The van der Waals surface area contributed by atoms with Gasteiger partial charge in [0.2, 0.25) is 0 Å². The van der Waals surface area contributed by atoms with Crippen LogP contribution in [0.4, 0.5) is 34.1 Å². The number of para-hydroxylation sites is 1. The van der Waals surface area contributed by atoms with Crippen LogP contribution in [0.1, 0.15) is 0 Å². The zero-order valence-electron chi connectivity index (χ0n) is 26.5. The first-order valence-corrected chi connectivity index (χ1v) is 20.5. The molecule has 0 unspecified atom stereocenters. The van der Waals surface area contributed by atoms with Crippen LogP contribution in [0.5, 0.6) is 0 Å². The molecule has 0 saturated heterocycles. The Morgan fingerprint density at radius 1 is 0.453 bits per heavy atom. The lowest BCUT2D eigenvalue weighted by Crippen LogP contribution is -2.10. The number of anilines is 4. The molecule has 0 fully saturated rings. The van der Waals surface area contributed by atoms with E-state index in [1.807, 2.05) is 0 Å². The minimum Gasteiger partial charge on any atom is -0.355 e. The molecule has 7 N–H and O–H groups in total. The maximum atomic E-state index is 12.7. The monoisotopic (exact) mass is 799 g/mol. The standard InChI is InChI=1S/C32H25N5O12S4/c38-50(39,40)21-8-4-7-20(17-21)34-35-26-12-13-28(25-18-22(51(41,42)43)9-10-23(25)26)37-36-27-14-15-29(33-19-5-2-1-3-6-19)31-24(27)11-16-30(52(44,45)46)32(31)53(47,48)49/h1-18,33-35H,(H,38,39,40)(H,41,42,43)(H,44,45,46)(H,47,48,49). The molecule has 21 heteroatoms. The molecule has 0 radical (unpaired) electrons. The van der Waals surface area contributed by atoms with Gasteiger partial charge in [-0.2, -0.15) is 33.7 Å². The average Bonchev–Trinajstić information content (AvgIpc) is 3.09.